The van der Waals surface area contributed by atoms with E-state index in [1.807, 2.05) is 0 Å². The summed E-state index contributed by atoms with van der Waals surface area (Å²) in [6.07, 6.45) is -10.5. The van der Waals surface area contributed by atoms with E-state index in [2.05, 4.69) is 32.3 Å². The number of alkyl halides is 8. The molecule has 0 saturated heterocycles. The lowest BCUT2D eigenvalue weighted by Crippen LogP contribution is -2.46. The third-order valence-corrected chi connectivity index (χ3v) is 16.3. The summed E-state index contributed by atoms with van der Waals surface area (Å²) in [5.74, 6) is -11.5. The van der Waals surface area contributed by atoms with E-state index in [4.69, 9.17) is 11.6 Å². The second-order valence-corrected chi connectivity index (χ2v) is 23.5. The predicted molar refractivity (Wildman–Crippen MR) is 246 cm³/mol. The maximum atomic E-state index is 15.8. The van der Waals surface area contributed by atoms with Crippen LogP contribution in [-0.2, 0) is 65.9 Å². The first-order valence-corrected chi connectivity index (χ1v) is 26.1. The molecule has 0 unspecified atom stereocenters. The Bertz CT molecular complexity index is 3420. The molecule has 398 valence electrons. The van der Waals surface area contributed by atoms with Gasteiger partial charge in [0, 0.05) is 40.8 Å². The summed E-state index contributed by atoms with van der Waals surface area (Å²) in [4.78, 5) is 44.3. The van der Waals surface area contributed by atoms with E-state index >= 15 is 8.78 Å². The van der Waals surface area contributed by atoms with E-state index in [0.717, 1.165) is 56.5 Å². The Labute approximate surface area is 420 Å². The first-order chi connectivity index (χ1) is 33.9. The van der Waals surface area contributed by atoms with E-state index in [1.165, 1.54) is 13.8 Å². The summed E-state index contributed by atoms with van der Waals surface area (Å²) in [6, 6.07) is 4.65. The number of carbonyl (C=O) groups is 3. The van der Waals surface area contributed by atoms with E-state index < -0.39 is 166 Å². The third-order valence-electron chi connectivity index (χ3n) is 13.0. The zero-order valence-corrected chi connectivity index (χ0v) is 41.8. The highest BCUT2D eigenvalue weighted by Gasteiger charge is 2.57. The molecule has 0 bridgehead atoms. The van der Waals surface area contributed by atoms with Crippen LogP contribution in [0.4, 0.5) is 49.7 Å². The minimum Gasteiger partial charge on any atom is -0.481 e. The minimum absolute atomic E-state index is 0.0881. The van der Waals surface area contributed by atoms with E-state index in [-0.39, 0.29) is 48.9 Å². The van der Waals surface area contributed by atoms with Gasteiger partial charge in [0.2, 0.25) is 21.8 Å². The summed E-state index contributed by atoms with van der Waals surface area (Å²) >= 11 is 6.65. The number of carboxylic acid groups (broad SMARTS) is 1. The van der Waals surface area contributed by atoms with Gasteiger partial charge in [-0.05, 0) is 80.8 Å². The average Bonchev–Trinajstić information content (AvgIpc) is 3.84. The van der Waals surface area contributed by atoms with Crippen LogP contribution in [0.25, 0.3) is 22.0 Å². The summed E-state index contributed by atoms with van der Waals surface area (Å²) in [5, 5.41) is 18.1. The molecule has 2 amide bonds. The SMILES string of the molecule is C[C@@H]1c2c(C(F)(F)F)nn(CC(=O)N[C@@H](Cc3cc(F)cc(F)c3)c3nc(C#CC(C)(C)S(C)(=O)=O)ccc3-c3ccc(Cl)c4c(N(C(=O)[C@H]5C[C@@H](C(=O)O)C5)S(C)(=O)=O)nn(CC(F)(F)F)c34)c2C(F)(F)[C@@H]1C. The topological polar surface area (TPSA) is 204 Å². The standard InChI is InChI=1S/C46H42ClF10N7O8S2/c1-21-22(2)45(53,54)39-34(21)38(46(55,56)57)60-62(39)19-33(65)59-32(15-23-13-26(48)18-27(49)14-23)36-29(8-7-28(58-36)11-12-43(3,4)73(5,69)70)30-9-10-31(47)35-37(30)63(20-44(50,51)52)61-40(35)64(74(6,71)72)41(66)24-16-25(17-24)42(67)68/h7-10,13-14,18,21-22,24-25,32H,15-17,19-20H2,1-6H3,(H,59,65)(H,67,68)/t21-,22+,24-,25+,32-/m0/s1. The van der Waals surface area contributed by atoms with Crippen LogP contribution < -0.4 is 9.62 Å². The van der Waals surface area contributed by atoms with Crippen LogP contribution in [0.1, 0.15) is 86.4 Å². The Morgan fingerprint density at radius 2 is 1.53 bits per heavy atom. The molecule has 0 radical (unpaired) electrons. The van der Waals surface area contributed by atoms with Crippen molar-refractivity contribution < 1.29 is 80.2 Å². The number of hydrogen-bond acceptors (Lipinski definition) is 10. The number of anilines is 1. The van der Waals surface area contributed by atoms with Gasteiger partial charge in [0.25, 0.3) is 5.92 Å². The van der Waals surface area contributed by atoms with Gasteiger partial charge in [-0.3, -0.25) is 23.7 Å². The van der Waals surface area contributed by atoms with Crippen LogP contribution in [0.15, 0.2) is 42.5 Å². The van der Waals surface area contributed by atoms with Crippen LogP contribution in [0.2, 0.25) is 5.02 Å². The lowest BCUT2D eigenvalue weighted by molar-refractivity contribution is -0.148. The number of sulfone groups is 1. The molecule has 5 aromatic rings. The van der Waals surface area contributed by atoms with E-state index in [1.54, 1.807) is 0 Å². The fourth-order valence-corrected chi connectivity index (χ4v) is 10.2. The summed E-state index contributed by atoms with van der Waals surface area (Å²) in [6.45, 7) is 1.24. The number of benzene rings is 2. The van der Waals surface area contributed by atoms with Crippen LogP contribution in [0.5, 0.6) is 0 Å². The van der Waals surface area contributed by atoms with Crippen molar-refractivity contribution in [3.8, 4) is 23.0 Å². The van der Waals surface area contributed by atoms with E-state index in [0.29, 0.717) is 12.3 Å². The number of amides is 2. The maximum absolute atomic E-state index is 15.8. The quantitative estimate of drug-likeness (QED) is 0.0848. The lowest BCUT2D eigenvalue weighted by Gasteiger charge is -2.33. The highest BCUT2D eigenvalue weighted by molar-refractivity contribution is 7.93. The monoisotopic (exact) mass is 1110 g/mol. The van der Waals surface area contributed by atoms with Gasteiger partial charge in [-0.15, -0.1) is 0 Å². The van der Waals surface area contributed by atoms with Crippen LogP contribution in [-0.4, -0.2) is 87.7 Å². The number of carbonyl (C=O) groups excluding carboxylic acids is 2. The lowest BCUT2D eigenvalue weighted by atomic mass is 9.74. The molecule has 2 aliphatic carbocycles. The maximum Gasteiger partial charge on any atom is 0.435 e. The smallest absolute Gasteiger partial charge is 0.435 e. The van der Waals surface area contributed by atoms with Crippen molar-refractivity contribution in [2.75, 3.05) is 16.8 Å². The zero-order chi connectivity index (χ0) is 55.2. The van der Waals surface area contributed by atoms with Crippen LogP contribution in [0.3, 0.4) is 0 Å². The van der Waals surface area contributed by atoms with Crippen molar-refractivity contribution in [1.29, 1.82) is 0 Å². The second kappa shape index (κ2) is 19.1. The number of fused-ring (bicyclic) bond motifs is 2. The number of nitrogens with zero attached hydrogens (tertiary/aromatic N) is 6. The fraction of sp³-hybridized carbons (Fsp3) is 0.435. The number of hydrogen-bond donors (Lipinski definition) is 2. The third kappa shape index (κ3) is 10.8. The van der Waals surface area contributed by atoms with Gasteiger partial charge in [0.05, 0.1) is 39.8 Å². The van der Waals surface area contributed by atoms with E-state index in [9.17, 15) is 71.4 Å². The number of halogens is 11. The molecule has 1 saturated carbocycles. The number of aliphatic carboxylic acids is 1. The second-order valence-electron chi connectivity index (χ2n) is 18.7. The number of rotatable bonds is 13. The Balaban J connectivity index is 1.49. The Morgan fingerprint density at radius 1 is 0.919 bits per heavy atom. The number of carboxylic acids is 1. The molecule has 74 heavy (non-hydrogen) atoms. The number of aromatic nitrogens is 5. The van der Waals surface area contributed by atoms with Crippen molar-refractivity contribution in [2.24, 2.45) is 17.8 Å². The zero-order valence-electron chi connectivity index (χ0n) is 39.4. The number of sulfonamides is 1. The molecule has 2 aliphatic rings. The largest absolute Gasteiger partial charge is 0.481 e. The summed E-state index contributed by atoms with van der Waals surface area (Å²) in [7, 11) is -8.75. The molecule has 0 aliphatic heterocycles. The van der Waals surface area contributed by atoms with Crippen molar-refractivity contribution >= 4 is 66.0 Å². The molecule has 3 atom stereocenters. The average molecular weight is 1110 g/mol. The van der Waals surface area contributed by atoms with Gasteiger partial charge >= 0.3 is 18.3 Å². The molecule has 3 heterocycles. The molecular formula is C46H42ClF10N7O8S2. The van der Waals surface area contributed by atoms with Crippen molar-refractivity contribution in [3.05, 3.63) is 93.0 Å². The molecule has 28 heteroatoms. The molecular weight excluding hydrogens is 1070 g/mol. The fourth-order valence-electron chi connectivity index (χ4n) is 8.78. The molecule has 3 aromatic heterocycles. The Kier molecular flexibility index (Phi) is 14.3. The minimum atomic E-state index is -5.27. The molecule has 0 spiro atoms. The molecule has 2 N–H and O–H groups in total. The van der Waals surface area contributed by atoms with Gasteiger partial charge in [-0.2, -0.15) is 49.6 Å². The molecule has 15 nitrogen and oxygen atoms in total. The van der Waals surface area contributed by atoms with Gasteiger partial charge in [0.1, 0.15) is 40.9 Å². The predicted octanol–water partition coefficient (Wildman–Crippen LogP) is 8.33. The Morgan fingerprint density at radius 3 is 2.08 bits per heavy atom. The van der Waals surface area contributed by atoms with Crippen molar-refractivity contribution in [2.45, 2.75) is 95.0 Å². The number of pyridine rings is 1. The van der Waals surface area contributed by atoms with Gasteiger partial charge in [-0.25, -0.2) is 30.6 Å². The van der Waals surface area contributed by atoms with Crippen molar-refractivity contribution in [1.82, 2.24) is 29.9 Å². The summed E-state index contributed by atoms with van der Waals surface area (Å²) in [5.41, 5.74) is -6.21. The van der Waals surface area contributed by atoms with Crippen LogP contribution in [0, 0.1) is 41.2 Å². The molecule has 1 fully saturated rings. The Hall–Kier alpha value is -6.27. The highest BCUT2D eigenvalue weighted by Crippen LogP contribution is 2.55. The highest BCUT2D eigenvalue weighted by atomic mass is 35.5. The van der Waals surface area contributed by atoms with Gasteiger partial charge in [-0.1, -0.05) is 37.4 Å². The van der Waals surface area contributed by atoms with Crippen molar-refractivity contribution in [3.63, 3.8) is 0 Å². The van der Waals surface area contributed by atoms with Gasteiger partial charge in [0.15, 0.2) is 21.3 Å². The molecule has 2 aromatic carbocycles. The van der Waals surface area contributed by atoms with Crippen LogP contribution >= 0.6 is 11.6 Å². The summed E-state index contributed by atoms with van der Waals surface area (Å²) < 4.78 is 199. The molecule has 7 rings (SSSR count). The first-order valence-electron chi connectivity index (χ1n) is 22.0. The van der Waals surface area contributed by atoms with Gasteiger partial charge < -0.3 is 10.4 Å². The first kappa shape index (κ1) is 55.5. The normalized spacial score (nSPS) is 19.3. The number of nitrogens with one attached hydrogen (secondary N) is 1.